The Bertz CT molecular complexity index is 1150. The highest BCUT2D eigenvalue weighted by atomic mass is 79.9. The van der Waals surface area contributed by atoms with E-state index >= 15 is 0 Å². The number of phenols is 2. The van der Waals surface area contributed by atoms with Crippen LogP contribution in [-0.2, 0) is 12.0 Å². The molecule has 1 saturated heterocycles. The van der Waals surface area contributed by atoms with E-state index in [4.69, 9.17) is 15.9 Å². The second kappa shape index (κ2) is 13.7. The highest BCUT2D eigenvalue weighted by Gasteiger charge is 2.33. The summed E-state index contributed by atoms with van der Waals surface area (Å²) in [6.45, 7) is 3.02. The Hall–Kier alpha value is -2.78. The van der Waals surface area contributed by atoms with Crippen LogP contribution in [0.4, 0.5) is 4.39 Å². The first-order valence-electron chi connectivity index (χ1n) is 12.4. The van der Waals surface area contributed by atoms with Crippen molar-refractivity contribution in [3.63, 3.8) is 0 Å². The molecule has 0 bridgehead atoms. The van der Waals surface area contributed by atoms with Crippen molar-refractivity contribution in [3.05, 3.63) is 93.7 Å². The molecule has 1 aliphatic heterocycles. The lowest BCUT2D eigenvalue weighted by Crippen LogP contribution is -2.42. The summed E-state index contributed by atoms with van der Waals surface area (Å²) >= 11 is 3.42. The van der Waals surface area contributed by atoms with Gasteiger partial charge in [0.25, 0.3) is 0 Å². The number of nitrogens with two attached hydrogens (primary N) is 1. The Morgan fingerprint density at radius 3 is 2.22 bits per heavy atom. The average Bonchev–Trinajstić information content (AvgIpc) is 2.89. The summed E-state index contributed by atoms with van der Waals surface area (Å²) in [6.07, 6.45) is 3.33. The molecule has 8 heteroatoms. The molecule has 4 rings (SSSR count). The molecule has 5 N–H and O–H groups in total. The molecule has 0 unspecified atom stereocenters. The number of benzene rings is 3. The zero-order valence-corrected chi connectivity index (χ0v) is 22.3. The summed E-state index contributed by atoms with van der Waals surface area (Å²) in [5, 5.41) is 28.9. The van der Waals surface area contributed by atoms with Gasteiger partial charge < -0.3 is 26.0 Å². The number of rotatable bonds is 8. The van der Waals surface area contributed by atoms with Gasteiger partial charge >= 0.3 is 0 Å². The molecule has 37 heavy (non-hydrogen) atoms. The zero-order valence-electron chi connectivity index (χ0n) is 20.7. The van der Waals surface area contributed by atoms with Crippen LogP contribution < -0.4 is 5.73 Å². The van der Waals surface area contributed by atoms with Crippen molar-refractivity contribution in [1.29, 1.82) is 0 Å². The van der Waals surface area contributed by atoms with Crippen molar-refractivity contribution in [2.24, 2.45) is 5.73 Å². The molecule has 0 saturated carbocycles. The van der Waals surface area contributed by atoms with Gasteiger partial charge in [-0.05, 0) is 98.4 Å². The van der Waals surface area contributed by atoms with Crippen LogP contribution in [0.15, 0.2) is 71.2 Å². The summed E-state index contributed by atoms with van der Waals surface area (Å²) < 4.78 is 13.9. The summed E-state index contributed by atoms with van der Waals surface area (Å²) in [5.41, 5.74) is 7.00. The fourth-order valence-electron chi connectivity index (χ4n) is 4.33. The van der Waals surface area contributed by atoms with Crippen LogP contribution in [0, 0.1) is 5.82 Å². The first kappa shape index (κ1) is 28.8. The Balaban J connectivity index is 0.000000289. The second-order valence-corrected chi connectivity index (χ2v) is 10.2. The third-order valence-electron chi connectivity index (χ3n) is 6.58. The number of ketones is 1. The third-order valence-corrected chi connectivity index (χ3v) is 7.11. The quantitative estimate of drug-likeness (QED) is 0.220. The van der Waals surface area contributed by atoms with E-state index in [1.807, 2.05) is 24.3 Å². The number of carbonyl (C=O) groups is 1. The number of halogens is 2. The van der Waals surface area contributed by atoms with Gasteiger partial charge in [-0.2, -0.15) is 0 Å². The Morgan fingerprint density at radius 1 is 0.973 bits per heavy atom. The second-order valence-electron chi connectivity index (χ2n) is 9.28. The Labute approximate surface area is 225 Å². The van der Waals surface area contributed by atoms with Crippen LogP contribution in [0.3, 0.4) is 0 Å². The Kier molecular flexibility index (Phi) is 10.6. The molecule has 1 aliphatic rings. The fraction of sp³-hybridized carbons (Fsp3) is 0.345. The van der Waals surface area contributed by atoms with E-state index in [1.54, 1.807) is 6.07 Å². The van der Waals surface area contributed by atoms with Crippen LogP contribution in [0.25, 0.3) is 0 Å². The van der Waals surface area contributed by atoms with Crippen LogP contribution in [-0.4, -0.2) is 52.2 Å². The molecule has 3 aromatic rings. The first-order chi connectivity index (χ1) is 17.7. The van der Waals surface area contributed by atoms with E-state index in [2.05, 4.69) is 20.8 Å². The lowest BCUT2D eigenvalue weighted by atomic mass is 9.84. The van der Waals surface area contributed by atoms with Gasteiger partial charge in [0.2, 0.25) is 0 Å². The number of hydrogen-bond acceptors (Lipinski definition) is 6. The number of likely N-dealkylation sites (tertiary alicyclic amines) is 1. The minimum absolute atomic E-state index is 0.0494. The SMILES string of the molecule is NCCc1ccc(O)c(O)c1.O=C(CCCN1CCC(O)(c2ccc(Br)cc2)CC1)c1ccc(F)cc1. The molecule has 1 fully saturated rings. The van der Waals surface area contributed by atoms with E-state index < -0.39 is 5.60 Å². The topological polar surface area (TPSA) is 107 Å². The van der Waals surface area contributed by atoms with E-state index in [-0.39, 0.29) is 23.1 Å². The van der Waals surface area contributed by atoms with E-state index in [9.17, 15) is 14.3 Å². The molecule has 198 valence electrons. The van der Waals surface area contributed by atoms with Crippen molar-refractivity contribution in [3.8, 4) is 11.5 Å². The molecule has 0 aliphatic carbocycles. The van der Waals surface area contributed by atoms with Gasteiger partial charge in [0.05, 0.1) is 5.60 Å². The van der Waals surface area contributed by atoms with Gasteiger partial charge in [-0.15, -0.1) is 0 Å². The van der Waals surface area contributed by atoms with Gasteiger partial charge in [-0.25, -0.2) is 4.39 Å². The average molecular weight is 574 g/mol. The molecule has 0 spiro atoms. The highest BCUT2D eigenvalue weighted by molar-refractivity contribution is 9.10. The van der Waals surface area contributed by atoms with Gasteiger partial charge in [-0.1, -0.05) is 34.1 Å². The van der Waals surface area contributed by atoms with Crippen molar-refractivity contribution < 1.29 is 24.5 Å². The smallest absolute Gasteiger partial charge is 0.162 e. The summed E-state index contributed by atoms with van der Waals surface area (Å²) in [7, 11) is 0. The van der Waals surface area contributed by atoms with Gasteiger partial charge in [-0.3, -0.25) is 4.79 Å². The minimum Gasteiger partial charge on any atom is -0.504 e. The minimum atomic E-state index is -0.763. The van der Waals surface area contributed by atoms with Crippen molar-refractivity contribution in [1.82, 2.24) is 4.90 Å². The fourth-order valence-corrected chi connectivity index (χ4v) is 4.59. The molecule has 3 aromatic carbocycles. The van der Waals surface area contributed by atoms with Gasteiger partial charge in [0, 0.05) is 29.5 Å². The molecule has 0 amide bonds. The number of aliphatic hydroxyl groups is 1. The van der Waals surface area contributed by atoms with Gasteiger partial charge in [0.1, 0.15) is 5.82 Å². The van der Waals surface area contributed by atoms with Crippen LogP contribution >= 0.6 is 15.9 Å². The molecular weight excluding hydrogens is 539 g/mol. The number of aromatic hydroxyl groups is 2. The summed E-state index contributed by atoms with van der Waals surface area (Å²) in [5.74, 6) is -0.455. The largest absolute Gasteiger partial charge is 0.504 e. The number of carbonyl (C=O) groups excluding carboxylic acids is 1. The van der Waals surface area contributed by atoms with E-state index in [0.717, 1.165) is 41.7 Å². The van der Waals surface area contributed by atoms with Crippen LogP contribution in [0.2, 0.25) is 0 Å². The third kappa shape index (κ3) is 8.64. The number of nitrogens with zero attached hydrogens (tertiary/aromatic N) is 1. The lowest BCUT2D eigenvalue weighted by molar-refractivity contribution is -0.0260. The van der Waals surface area contributed by atoms with Crippen LogP contribution in [0.1, 0.15) is 47.2 Å². The van der Waals surface area contributed by atoms with Gasteiger partial charge in [0.15, 0.2) is 17.3 Å². The molecule has 1 heterocycles. The maximum Gasteiger partial charge on any atom is 0.162 e. The normalized spacial score (nSPS) is 15.0. The molecular formula is C29H34BrFN2O4. The van der Waals surface area contributed by atoms with Crippen LogP contribution in [0.5, 0.6) is 11.5 Å². The predicted octanol–water partition coefficient (Wildman–Crippen LogP) is 5.13. The van der Waals surface area contributed by atoms with Crippen molar-refractivity contribution in [2.45, 2.75) is 37.7 Å². The molecule has 0 radical (unpaired) electrons. The maximum absolute atomic E-state index is 12.9. The molecule has 6 nitrogen and oxygen atoms in total. The lowest BCUT2D eigenvalue weighted by Gasteiger charge is -2.38. The summed E-state index contributed by atoms with van der Waals surface area (Å²) in [6, 6.07) is 18.3. The van der Waals surface area contributed by atoms with Crippen molar-refractivity contribution in [2.75, 3.05) is 26.2 Å². The van der Waals surface area contributed by atoms with E-state index in [0.29, 0.717) is 37.8 Å². The van der Waals surface area contributed by atoms with E-state index in [1.165, 1.54) is 36.4 Å². The van der Waals surface area contributed by atoms with Crippen molar-refractivity contribution >= 4 is 21.7 Å². The standard InChI is InChI=1S/C21H23BrFNO2.C8H11NO2/c22-18-7-5-17(6-8-18)21(26)11-14-24(15-12-21)13-1-2-20(25)16-3-9-19(23)10-4-16;9-4-3-6-1-2-7(10)8(11)5-6/h3-10,26H,1-2,11-15H2;1-2,5,10-11H,3-4,9H2. The molecule has 0 atom stereocenters. The predicted molar refractivity (Wildman–Crippen MR) is 146 cm³/mol. The number of piperidine rings is 1. The first-order valence-corrected chi connectivity index (χ1v) is 13.2. The molecule has 0 aromatic heterocycles. The zero-order chi connectivity index (χ0) is 26.8. The number of hydrogen-bond donors (Lipinski definition) is 4. The Morgan fingerprint density at radius 2 is 1.62 bits per heavy atom. The maximum atomic E-state index is 12.9. The highest BCUT2D eigenvalue weighted by Crippen LogP contribution is 2.33. The monoisotopic (exact) mass is 572 g/mol. The summed E-state index contributed by atoms with van der Waals surface area (Å²) in [4.78, 5) is 14.4. The number of phenolic OH excluding ortho intramolecular Hbond substituents is 2. The number of Topliss-reactive ketones (excluding diaryl/α,β-unsaturated/α-hetero) is 1.